The maximum absolute atomic E-state index is 6.13. The molecule has 122 valence electrons. The molecule has 0 saturated heterocycles. The first kappa shape index (κ1) is 15.0. The zero-order valence-corrected chi connectivity index (χ0v) is 13.6. The third kappa shape index (κ3) is 2.74. The minimum absolute atomic E-state index is 0.283. The van der Waals surface area contributed by atoms with Crippen LogP contribution in [0.25, 0.3) is 33.8 Å². The Hall–Kier alpha value is -3.54. The summed E-state index contributed by atoms with van der Waals surface area (Å²) in [4.78, 5) is 17.8. The van der Waals surface area contributed by atoms with E-state index in [9.17, 15) is 0 Å². The van der Waals surface area contributed by atoms with Gasteiger partial charge in [-0.25, -0.2) is 19.9 Å². The molecule has 4 rings (SSSR count). The lowest BCUT2D eigenvalue weighted by molar-refractivity contribution is 1.16. The van der Waals surface area contributed by atoms with E-state index >= 15 is 0 Å². The van der Waals surface area contributed by atoms with Crippen LogP contribution in [-0.4, -0.2) is 19.9 Å². The summed E-state index contributed by atoms with van der Waals surface area (Å²) in [5, 5.41) is 0. The maximum Gasteiger partial charge on any atom is 0.186 e. The average molecular weight is 328 g/mol. The number of anilines is 2. The van der Waals surface area contributed by atoms with Crippen molar-refractivity contribution in [3.8, 4) is 22.6 Å². The molecule has 6 nitrogen and oxygen atoms in total. The fraction of sp³-hybridized carbons (Fsp3) is 0.0526. The zero-order valence-electron chi connectivity index (χ0n) is 13.6. The predicted molar refractivity (Wildman–Crippen MR) is 99.6 cm³/mol. The van der Waals surface area contributed by atoms with Gasteiger partial charge in [0.25, 0.3) is 0 Å². The van der Waals surface area contributed by atoms with Crippen LogP contribution < -0.4 is 11.5 Å². The van der Waals surface area contributed by atoms with E-state index in [0.29, 0.717) is 28.5 Å². The van der Waals surface area contributed by atoms with Crippen LogP contribution in [-0.2, 0) is 0 Å². The summed E-state index contributed by atoms with van der Waals surface area (Å²) in [6, 6.07) is 17.5. The SMILES string of the molecule is Cc1cccc(-c2nc3c(N)nc(-c4ccccc4)nc3nc2N)c1. The Morgan fingerprint density at radius 3 is 2.24 bits per heavy atom. The molecule has 2 aromatic heterocycles. The summed E-state index contributed by atoms with van der Waals surface area (Å²) in [6.07, 6.45) is 0. The predicted octanol–water partition coefficient (Wildman–Crippen LogP) is 3.23. The summed E-state index contributed by atoms with van der Waals surface area (Å²) in [5.74, 6) is 1.10. The monoisotopic (exact) mass is 328 g/mol. The largest absolute Gasteiger partial charge is 0.382 e. The van der Waals surface area contributed by atoms with Crippen molar-refractivity contribution in [3.63, 3.8) is 0 Å². The number of benzene rings is 2. The lowest BCUT2D eigenvalue weighted by atomic mass is 10.1. The molecule has 0 saturated carbocycles. The van der Waals surface area contributed by atoms with Gasteiger partial charge in [-0.15, -0.1) is 0 Å². The molecule has 0 atom stereocenters. The van der Waals surface area contributed by atoms with E-state index in [4.69, 9.17) is 11.5 Å². The summed E-state index contributed by atoms with van der Waals surface area (Å²) in [6.45, 7) is 2.01. The fourth-order valence-corrected chi connectivity index (χ4v) is 2.70. The number of aromatic nitrogens is 4. The van der Waals surface area contributed by atoms with Gasteiger partial charge in [-0.3, -0.25) is 0 Å². The van der Waals surface area contributed by atoms with Gasteiger partial charge in [-0.1, -0.05) is 54.1 Å². The topological polar surface area (TPSA) is 104 Å². The van der Waals surface area contributed by atoms with Crippen molar-refractivity contribution in [2.75, 3.05) is 11.5 Å². The number of aryl methyl sites for hydroxylation is 1. The van der Waals surface area contributed by atoms with Gasteiger partial charge in [-0.2, -0.15) is 0 Å². The first-order valence-corrected chi connectivity index (χ1v) is 7.85. The van der Waals surface area contributed by atoms with Crippen molar-refractivity contribution >= 4 is 22.8 Å². The van der Waals surface area contributed by atoms with Crippen LogP contribution >= 0.6 is 0 Å². The number of rotatable bonds is 2. The summed E-state index contributed by atoms with van der Waals surface area (Å²) < 4.78 is 0. The van der Waals surface area contributed by atoms with E-state index in [2.05, 4.69) is 19.9 Å². The molecule has 0 radical (unpaired) electrons. The molecule has 6 heteroatoms. The highest BCUT2D eigenvalue weighted by Gasteiger charge is 2.14. The van der Waals surface area contributed by atoms with Gasteiger partial charge in [0.1, 0.15) is 5.69 Å². The van der Waals surface area contributed by atoms with Crippen LogP contribution in [0.15, 0.2) is 54.6 Å². The highest BCUT2D eigenvalue weighted by atomic mass is 15.1. The minimum Gasteiger partial charge on any atom is -0.382 e. The van der Waals surface area contributed by atoms with E-state index in [-0.39, 0.29) is 5.82 Å². The van der Waals surface area contributed by atoms with Crippen molar-refractivity contribution in [1.82, 2.24) is 19.9 Å². The molecule has 0 bridgehead atoms. The number of hydrogen-bond donors (Lipinski definition) is 2. The molecule has 0 amide bonds. The molecule has 4 N–H and O–H groups in total. The van der Waals surface area contributed by atoms with Gasteiger partial charge in [0.05, 0.1) is 0 Å². The first-order chi connectivity index (χ1) is 12.1. The van der Waals surface area contributed by atoms with Crippen molar-refractivity contribution < 1.29 is 0 Å². The second-order valence-corrected chi connectivity index (χ2v) is 5.80. The standard InChI is InChI=1S/C19H16N6/c1-11-6-5-9-13(10-11)14-16(20)24-19-15(22-14)17(21)23-18(25-19)12-7-3-2-4-8-12/h2-10H,1H3,(H4,20,21,23,24,25). The smallest absolute Gasteiger partial charge is 0.186 e. The molecule has 0 unspecified atom stereocenters. The Morgan fingerprint density at radius 1 is 0.720 bits per heavy atom. The van der Waals surface area contributed by atoms with E-state index < -0.39 is 0 Å². The lowest BCUT2D eigenvalue weighted by Gasteiger charge is -2.09. The van der Waals surface area contributed by atoms with Crippen LogP contribution in [0, 0.1) is 6.92 Å². The van der Waals surface area contributed by atoms with Crippen molar-refractivity contribution in [2.24, 2.45) is 0 Å². The van der Waals surface area contributed by atoms with E-state index in [1.807, 2.05) is 61.5 Å². The van der Waals surface area contributed by atoms with Gasteiger partial charge in [0.15, 0.2) is 28.6 Å². The molecule has 4 aromatic rings. The average Bonchev–Trinajstić information content (AvgIpc) is 2.62. The van der Waals surface area contributed by atoms with Gasteiger partial charge < -0.3 is 11.5 Å². The van der Waals surface area contributed by atoms with Gasteiger partial charge in [-0.05, 0) is 13.0 Å². The summed E-state index contributed by atoms with van der Waals surface area (Å²) in [5.41, 5.74) is 16.5. The molecular formula is C19H16N6. The van der Waals surface area contributed by atoms with Crippen molar-refractivity contribution in [3.05, 3.63) is 60.2 Å². The number of hydrogen-bond acceptors (Lipinski definition) is 6. The normalized spacial score (nSPS) is 10.9. The molecule has 0 aliphatic heterocycles. The molecule has 0 fully saturated rings. The third-order valence-electron chi connectivity index (χ3n) is 3.91. The molecule has 0 aliphatic rings. The number of nitrogen functional groups attached to an aromatic ring is 2. The third-order valence-corrected chi connectivity index (χ3v) is 3.91. The molecule has 0 aliphatic carbocycles. The fourth-order valence-electron chi connectivity index (χ4n) is 2.70. The van der Waals surface area contributed by atoms with Gasteiger partial charge in [0, 0.05) is 11.1 Å². The van der Waals surface area contributed by atoms with Crippen molar-refractivity contribution in [2.45, 2.75) is 6.92 Å². The molecule has 25 heavy (non-hydrogen) atoms. The van der Waals surface area contributed by atoms with E-state index in [0.717, 1.165) is 16.7 Å². The van der Waals surface area contributed by atoms with Crippen LogP contribution in [0.3, 0.4) is 0 Å². The quantitative estimate of drug-likeness (QED) is 0.585. The van der Waals surface area contributed by atoms with Crippen LogP contribution in [0.5, 0.6) is 0 Å². The lowest BCUT2D eigenvalue weighted by Crippen LogP contribution is -2.05. The van der Waals surface area contributed by atoms with Crippen molar-refractivity contribution in [1.29, 1.82) is 0 Å². The van der Waals surface area contributed by atoms with Crippen LogP contribution in [0.2, 0.25) is 0 Å². The highest BCUT2D eigenvalue weighted by Crippen LogP contribution is 2.28. The number of nitrogens with two attached hydrogens (primary N) is 2. The first-order valence-electron chi connectivity index (χ1n) is 7.85. The molecule has 2 heterocycles. The van der Waals surface area contributed by atoms with Crippen LogP contribution in [0.4, 0.5) is 11.6 Å². The number of fused-ring (bicyclic) bond motifs is 1. The summed E-state index contributed by atoms with van der Waals surface area (Å²) in [7, 11) is 0. The Kier molecular flexibility index (Phi) is 3.50. The van der Waals surface area contributed by atoms with E-state index in [1.165, 1.54) is 0 Å². The Bertz CT molecular complexity index is 1080. The van der Waals surface area contributed by atoms with Gasteiger partial charge in [0.2, 0.25) is 0 Å². The molecular weight excluding hydrogens is 312 g/mol. The Morgan fingerprint density at radius 2 is 1.48 bits per heavy atom. The number of nitrogens with zero attached hydrogens (tertiary/aromatic N) is 4. The molecule has 0 spiro atoms. The highest BCUT2D eigenvalue weighted by molar-refractivity contribution is 5.87. The maximum atomic E-state index is 6.13. The second kappa shape index (κ2) is 5.83. The van der Waals surface area contributed by atoms with Crippen LogP contribution in [0.1, 0.15) is 5.56 Å². The Balaban J connectivity index is 1.91. The molecule has 2 aromatic carbocycles. The zero-order chi connectivity index (χ0) is 17.4. The summed E-state index contributed by atoms with van der Waals surface area (Å²) >= 11 is 0. The van der Waals surface area contributed by atoms with Gasteiger partial charge >= 0.3 is 0 Å². The minimum atomic E-state index is 0.283. The Labute approximate surface area is 144 Å². The van der Waals surface area contributed by atoms with E-state index in [1.54, 1.807) is 0 Å². The second-order valence-electron chi connectivity index (χ2n) is 5.80.